The molecular weight excluding hydrogens is 289 g/mol. The molecule has 21 heavy (non-hydrogen) atoms. The first-order chi connectivity index (χ1) is 7.80. The second kappa shape index (κ2) is 9.78. The normalized spacial score (nSPS) is 13.8. The second-order valence-electron chi connectivity index (χ2n) is 7.01. The first-order valence-corrected chi connectivity index (χ1v) is 8.18. The third-order valence-corrected chi connectivity index (χ3v) is 4.77. The minimum Gasteiger partial charge on any atom is -0.251 e. The number of halogens is 1. The molecule has 0 aromatic carbocycles. The highest BCUT2D eigenvalue weighted by Gasteiger charge is 2.32. The van der Waals surface area contributed by atoms with Crippen molar-refractivity contribution in [2.45, 2.75) is 75.8 Å². The quantitative estimate of drug-likeness (QED) is 0.713. The van der Waals surface area contributed by atoms with E-state index in [2.05, 4.69) is 0 Å². The van der Waals surface area contributed by atoms with Gasteiger partial charge in [-0.3, -0.25) is 4.39 Å². The van der Waals surface area contributed by atoms with Gasteiger partial charge in [-0.1, -0.05) is 43.1 Å². The van der Waals surface area contributed by atoms with Crippen molar-refractivity contribution in [3.8, 4) is 0 Å². The van der Waals surface area contributed by atoms with Crippen LogP contribution in [-0.2, 0) is 10.0 Å². The van der Waals surface area contributed by atoms with Gasteiger partial charge < -0.3 is 0 Å². The van der Waals surface area contributed by atoms with Crippen LogP contribution in [0.15, 0.2) is 0 Å². The predicted octanol–water partition coefficient (Wildman–Crippen LogP) is 4.98. The van der Waals surface area contributed by atoms with Gasteiger partial charge in [-0.05, 0) is 38.5 Å². The van der Waals surface area contributed by atoms with Gasteiger partial charge >= 0.3 is 0 Å². The Kier molecular flexibility index (Phi) is 13.5. The summed E-state index contributed by atoms with van der Waals surface area (Å²) in [5.41, 5.74) is -0.609. The lowest BCUT2D eigenvalue weighted by Crippen LogP contribution is -2.46. The van der Waals surface area contributed by atoms with Crippen molar-refractivity contribution in [3.05, 3.63) is 0 Å². The van der Waals surface area contributed by atoms with Crippen molar-refractivity contribution in [3.63, 3.8) is 0 Å². The fourth-order valence-electron chi connectivity index (χ4n) is 2.01. The van der Waals surface area contributed by atoms with Gasteiger partial charge in [-0.2, -0.15) is 4.31 Å². The van der Waals surface area contributed by atoms with E-state index < -0.39 is 22.2 Å². The Morgan fingerprint density at radius 1 is 1.00 bits per heavy atom. The van der Waals surface area contributed by atoms with Gasteiger partial charge in [0.1, 0.15) is 0 Å². The largest absolute Gasteiger partial charge is 0.251 e. The van der Waals surface area contributed by atoms with E-state index in [0.29, 0.717) is 13.0 Å². The lowest BCUT2D eigenvalue weighted by molar-refractivity contribution is 0.152. The van der Waals surface area contributed by atoms with Crippen molar-refractivity contribution in [2.75, 3.05) is 19.5 Å². The molecule has 1 atom stereocenters. The molecule has 0 bridgehead atoms. The molecular formula is C16H40FNO2S. The van der Waals surface area contributed by atoms with Crippen LogP contribution in [0.2, 0.25) is 0 Å². The summed E-state index contributed by atoms with van der Waals surface area (Å²) in [6.07, 6.45) is 1.75. The highest BCUT2D eigenvalue weighted by molar-refractivity contribution is 7.88. The summed E-state index contributed by atoms with van der Waals surface area (Å²) in [7, 11) is -3.26. The number of nitrogens with zero attached hydrogens (tertiary/aromatic N) is 1. The van der Waals surface area contributed by atoms with Crippen LogP contribution in [-0.4, -0.2) is 37.7 Å². The first-order valence-electron chi connectivity index (χ1n) is 6.34. The number of rotatable bonds is 5. The Morgan fingerprint density at radius 2 is 1.38 bits per heavy atom. The number of hydrogen-bond acceptors (Lipinski definition) is 2. The summed E-state index contributed by atoms with van der Waals surface area (Å²) in [4.78, 5) is 0. The first kappa shape index (κ1) is 28.9. The van der Waals surface area contributed by atoms with E-state index in [1.165, 1.54) is 10.6 Å². The van der Waals surface area contributed by atoms with E-state index in [1.54, 1.807) is 0 Å². The van der Waals surface area contributed by atoms with Crippen molar-refractivity contribution in [1.29, 1.82) is 0 Å². The topological polar surface area (TPSA) is 37.4 Å². The van der Waals surface area contributed by atoms with E-state index >= 15 is 0 Å². The van der Waals surface area contributed by atoms with Crippen LogP contribution in [0, 0.1) is 11.3 Å². The maximum absolute atomic E-state index is 13.0. The smallest absolute Gasteiger partial charge is 0.211 e. The van der Waals surface area contributed by atoms with E-state index in [-0.39, 0.29) is 33.6 Å². The van der Waals surface area contributed by atoms with Crippen LogP contribution in [0.4, 0.5) is 4.39 Å². The van der Waals surface area contributed by atoms with Gasteiger partial charge in [0.05, 0.1) is 12.9 Å². The standard InChI is InChI=1S/C13H28FNO2S.3CH4/c1-12(2,3)11(10-14)8-9-15(13(4,5)6)18(7,16)17;;;/h11H,8-10H2,1-7H3;3*1H4. The summed E-state index contributed by atoms with van der Waals surface area (Å²) in [6.45, 7) is 11.5. The molecule has 0 aliphatic heterocycles. The van der Waals surface area contributed by atoms with Crippen LogP contribution < -0.4 is 0 Å². The minimum atomic E-state index is -3.26. The fourth-order valence-corrected chi connectivity index (χ4v) is 3.45. The molecule has 0 aromatic heterocycles. The highest BCUT2D eigenvalue weighted by atomic mass is 32.2. The molecule has 5 heteroatoms. The highest BCUT2D eigenvalue weighted by Crippen LogP contribution is 2.30. The van der Waals surface area contributed by atoms with Crippen molar-refractivity contribution in [1.82, 2.24) is 4.31 Å². The second-order valence-corrected chi connectivity index (χ2v) is 8.92. The molecule has 0 spiro atoms. The Bertz CT molecular complexity index is 353. The van der Waals surface area contributed by atoms with Crippen LogP contribution in [0.5, 0.6) is 0 Å². The molecule has 0 N–H and O–H groups in total. The summed E-state index contributed by atoms with van der Waals surface area (Å²) in [5.74, 6) is -0.121. The number of sulfonamides is 1. The third kappa shape index (κ3) is 10.2. The van der Waals surface area contributed by atoms with Crippen LogP contribution in [0.3, 0.4) is 0 Å². The van der Waals surface area contributed by atoms with Crippen LogP contribution in [0.25, 0.3) is 0 Å². The Morgan fingerprint density at radius 3 is 1.57 bits per heavy atom. The van der Waals surface area contributed by atoms with E-state index in [0.717, 1.165) is 0 Å². The van der Waals surface area contributed by atoms with Crippen molar-refractivity contribution in [2.24, 2.45) is 11.3 Å². The molecule has 0 radical (unpaired) electrons. The molecule has 0 amide bonds. The molecule has 134 valence electrons. The zero-order valence-electron chi connectivity index (χ0n) is 12.7. The number of alkyl halides is 1. The van der Waals surface area contributed by atoms with Crippen LogP contribution >= 0.6 is 0 Å². The summed E-state index contributed by atoms with van der Waals surface area (Å²) >= 11 is 0. The van der Waals surface area contributed by atoms with E-state index in [9.17, 15) is 12.8 Å². The molecule has 3 nitrogen and oxygen atoms in total. The van der Waals surface area contributed by atoms with Gasteiger partial charge in [0.15, 0.2) is 0 Å². The monoisotopic (exact) mass is 329 g/mol. The predicted molar refractivity (Wildman–Crippen MR) is 95.0 cm³/mol. The summed E-state index contributed by atoms with van der Waals surface area (Å²) in [6, 6.07) is 0. The maximum atomic E-state index is 13.0. The molecule has 1 unspecified atom stereocenters. The average molecular weight is 330 g/mol. The van der Waals surface area contributed by atoms with E-state index in [1.807, 2.05) is 41.5 Å². The lowest BCUT2D eigenvalue weighted by Gasteiger charge is -2.36. The molecule has 0 aromatic rings. The summed E-state index contributed by atoms with van der Waals surface area (Å²) < 4.78 is 38.0. The van der Waals surface area contributed by atoms with Gasteiger partial charge in [0.25, 0.3) is 0 Å². The van der Waals surface area contributed by atoms with Gasteiger partial charge in [0, 0.05) is 12.1 Å². The van der Waals surface area contributed by atoms with Gasteiger partial charge in [0.2, 0.25) is 10.0 Å². The minimum absolute atomic E-state index is 0. The molecule has 0 saturated heterocycles. The van der Waals surface area contributed by atoms with Crippen molar-refractivity contribution < 1.29 is 12.8 Å². The molecule has 0 fully saturated rings. The Hall–Kier alpha value is -0.160. The fraction of sp³-hybridized carbons (Fsp3) is 1.00. The Balaban J connectivity index is -0.000000482. The lowest BCUT2D eigenvalue weighted by atomic mass is 9.79. The molecule has 0 rings (SSSR count). The molecule has 0 aliphatic rings. The molecule has 0 saturated carbocycles. The van der Waals surface area contributed by atoms with Crippen molar-refractivity contribution >= 4 is 10.0 Å². The SMILES string of the molecule is C.C.C.CC(C)(C)C(CF)CCN(C(C)(C)C)S(C)(=O)=O. The Labute approximate surface area is 134 Å². The van der Waals surface area contributed by atoms with E-state index in [4.69, 9.17) is 0 Å². The third-order valence-electron chi connectivity index (χ3n) is 3.24. The average Bonchev–Trinajstić information content (AvgIpc) is 2.05. The summed E-state index contributed by atoms with van der Waals surface area (Å²) in [5, 5.41) is 0. The van der Waals surface area contributed by atoms with Gasteiger partial charge in [-0.25, -0.2) is 8.42 Å². The maximum Gasteiger partial charge on any atom is 0.211 e. The van der Waals surface area contributed by atoms with Crippen LogP contribution in [0.1, 0.15) is 70.2 Å². The zero-order chi connectivity index (χ0) is 14.8. The molecule has 0 aliphatic carbocycles. The number of hydrogen-bond donors (Lipinski definition) is 0. The van der Waals surface area contributed by atoms with Gasteiger partial charge in [-0.15, -0.1) is 0 Å². The molecule has 0 heterocycles. The zero-order valence-corrected chi connectivity index (χ0v) is 13.6.